The summed E-state index contributed by atoms with van der Waals surface area (Å²) in [5.41, 5.74) is 17.8. The van der Waals surface area contributed by atoms with Crippen molar-refractivity contribution in [2.75, 3.05) is 9.80 Å². The predicted molar refractivity (Wildman–Crippen MR) is 231 cm³/mol. The number of benzene rings is 8. The molecule has 55 heavy (non-hydrogen) atoms. The standard InChI is InChI=1S/C53H42N2/c1-5-14-39(15-6-1)41-24-28-47(29-25-41)54(45-19-9-3-10-20-45)49-30-26-42-32-34-53(51(42)37-49)35-33-43-27-31-50(38-52(43)53)55(46-21-11-4-12-22-46)48-23-13-18-44(36-48)40-16-7-2-8-17-40/h1-31,36-38H,32-35H2/t53-/m1/s1. The van der Waals surface area contributed by atoms with Crippen molar-refractivity contribution in [1.29, 1.82) is 0 Å². The second-order valence-electron chi connectivity index (χ2n) is 14.9. The quantitative estimate of drug-likeness (QED) is 0.155. The average molecular weight is 707 g/mol. The molecule has 2 aliphatic carbocycles. The minimum atomic E-state index is -0.0234. The molecule has 8 aromatic rings. The van der Waals surface area contributed by atoms with Crippen LogP contribution in [0, 0.1) is 0 Å². The van der Waals surface area contributed by atoms with Crippen molar-refractivity contribution < 1.29 is 0 Å². The summed E-state index contributed by atoms with van der Waals surface area (Å²) in [5.74, 6) is 0. The second kappa shape index (κ2) is 14.0. The number of para-hydroxylation sites is 2. The maximum atomic E-state index is 2.52. The van der Waals surface area contributed by atoms with Crippen molar-refractivity contribution in [3.05, 3.63) is 229 Å². The van der Waals surface area contributed by atoms with Crippen LogP contribution in [-0.2, 0) is 18.3 Å². The van der Waals surface area contributed by atoms with E-state index in [0.717, 1.165) is 48.4 Å². The smallest absolute Gasteiger partial charge is 0.0467 e. The van der Waals surface area contributed by atoms with Gasteiger partial charge in [0, 0.05) is 39.5 Å². The van der Waals surface area contributed by atoms with Crippen molar-refractivity contribution >= 4 is 34.1 Å². The van der Waals surface area contributed by atoms with Crippen LogP contribution in [0.3, 0.4) is 0 Å². The van der Waals surface area contributed by atoms with E-state index >= 15 is 0 Å². The topological polar surface area (TPSA) is 6.48 Å². The first-order chi connectivity index (χ1) is 27.2. The van der Waals surface area contributed by atoms with Gasteiger partial charge in [0.25, 0.3) is 0 Å². The van der Waals surface area contributed by atoms with Gasteiger partial charge < -0.3 is 9.80 Å². The molecule has 1 spiro atoms. The number of hydrogen-bond acceptors (Lipinski definition) is 2. The minimum absolute atomic E-state index is 0.0234. The fraction of sp³-hybridized carbons (Fsp3) is 0.0943. The zero-order valence-electron chi connectivity index (χ0n) is 30.9. The summed E-state index contributed by atoms with van der Waals surface area (Å²) in [6.07, 6.45) is 4.46. The number of fused-ring (bicyclic) bond motifs is 4. The number of anilines is 6. The molecule has 0 fully saturated rings. The van der Waals surface area contributed by atoms with Gasteiger partial charge in [-0.05, 0) is 143 Å². The molecule has 0 saturated carbocycles. The third kappa shape index (κ3) is 6.01. The van der Waals surface area contributed by atoms with Crippen LogP contribution in [0.25, 0.3) is 22.3 Å². The Bertz CT molecular complexity index is 2580. The van der Waals surface area contributed by atoms with Crippen LogP contribution < -0.4 is 9.80 Å². The molecular weight excluding hydrogens is 665 g/mol. The lowest BCUT2D eigenvalue weighted by Crippen LogP contribution is -2.22. The molecule has 0 N–H and O–H groups in total. The van der Waals surface area contributed by atoms with Crippen molar-refractivity contribution in [1.82, 2.24) is 0 Å². The maximum absolute atomic E-state index is 2.52. The molecule has 2 nitrogen and oxygen atoms in total. The number of rotatable bonds is 8. The van der Waals surface area contributed by atoms with Gasteiger partial charge >= 0.3 is 0 Å². The third-order valence-corrected chi connectivity index (χ3v) is 11.8. The molecular formula is C53H42N2. The molecule has 264 valence electrons. The fourth-order valence-corrected chi connectivity index (χ4v) is 9.18. The first-order valence-corrected chi connectivity index (χ1v) is 19.5. The van der Waals surface area contributed by atoms with E-state index in [4.69, 9.17) is 0 Å². The van der Waals surface area contributed by atoms with E-state index in [1.807, 2.05) is 0 Å². The predicted octanol–water partition coefficient (Wildman–Crippen LogP) is 14.1. The summed E-state index contributed by atoms with van der Waals surface area (Å²) in [5, 5.41) is 0. The second-order valence-corrected chi connectivity index (χ2v) is 14.9. The lowest BCUT2D eigenvalue weighted by Gasteiger charge is -2.31. The molecule has 2 aliphatic rings. The van der Waals surface area contributed by atoms with Gasteiger partial charge in [-0.15, -0.1) is 0 Å². The van der Waals surface area contributed by atoms with Gasteiger partial charge in [-0.2, -0.15) is 0 Å². The van der Waals surface area contributed by atoms with Gasteiger partial charge in [-0.1, -0.05) is 133 Å². The average Bonchev–Trinajstić information content (AvgIpc) is 3.83. The van der Waals surface area contributed by atoms with Gasteiger partial charge in [0.15, 0.2) is 0 Å². The summed E-state index contributed by atoms with van der Waals surface area (Å²) in [4.78, 5) is 4.85. The molecule has 10 rings (SSSR count). The van der Waals surface area contributed by atoms with E-state index in [0.29, 0.717) is 0 Å². The molecule has 0 radical (unpaired) electrons. The van der Waals surface area contributed by atoms with Crippen molar-refractivity contribution in [3.63, 3.8) is 0 Å². The molecule has 1 atom stereocenters. The number of nitrogens with zero attached hydrogens (tertiary/aromatic N) is 2. The van der Waals surface area contributed by atoms with E-state index in [9.17, 15) is 0 Å². The zero-order chi connectivity index (χ0) is 36.6. The Labute approximate surface area is 324 Å². The molecule has 8 aromatic carbocycles. The zero-order valence-corrected chi connectivity index (χ0v) is 30.9. The lowest BCUT2D eigenvalue weighted by molar-refractivity contribution is 0.507. The first-order valence-electron chi connectivity index (χ1n) is 19.5. The van der Waals surface area contributed by atoms with Crippen molar-refractivity contribution in [2.45, 2.75) is 31.1 Å². The van der Waals surface area contributed by atoms with E-state index in [1.165, 1.54) is 55.9 Å². The summed E-state index contributed by atoms with van der Waals surface area (Å²) in [6, 6.07) is 75.5. The van der Waals surface area contributed by atoms with Crippen LogP contribution >= 0.6 is 0 Å². The Balaban J connectivity index is 1.06. The maximum Gasteiger partial charge on any atom is 0.0467 e. The van der Waals surface area contributed by atoms with E-state index in [1.54, 1.807) is 0 Å². The van der Waals surface area contributed by atoms with E-state index in [2.05, 4.69) is 216 Å². The fourth-order valence-electron chi connectivity index (χ4n) is 9.18. The first kappa shape index (κ1) is 33.0. The molecule has 0 saturated heterocycles. The SMILES string of the molecule is c1ccc(-c2ccc(N(c3ccccc3)c3ccc4c(c3)[C@@]3(CC4)CCc4ccc(N(c5ccccc5)c5cccc(-c6ccccc6)c5)cc43)cc2)cc1. The molecule has 0 heterocycles. The van der Waals surface area contributed by atoms with Gasteiger partial charge in [0.1, 0.15) is 0 Å². The van der Waals surface area contributed by atoms with Crippen LogP contribution in [0.15, 0.2) is 206 Å². The molecule has 0 aromatic heterocycles. The van der Waals surface area contributed by atoms with Crippen LogP contribution in [-0.4, -0.2) is 0 Å². The number of aryl methyl sites for hydroxylation is 2. The summed E-state index contributed by atoms with van der Waals surface area (Å²) in [6.45, 7) is 0. The monoisotopic (exact) mass is 706 g/mol. The molecule has 2 heteroatoms. The minimum Gasteiger partial charge on any atom is -0.310 e. The van der Waals surface area contributed by atoms with Crippen LogP contribution in [0.5, 0.6) is 0 Å². The van der Waals surface area contributed by atoms with Gasteiger partial charge in [0.05, 0.1) is 0 Å². The third-order valence-electron chi connectivity index (χ3n) is 11.8. The highest BCUT2D eigenvalue weighted by molar-refractivity contribution is 5.82. The Morgan fingerprint density at radius 3 is 1.18 bits per heavy atom. The normalized spacial score (nSPS) is 15.4. The summed E-state index contributed by atoms with van der Waals surface area (Å²) in [7, 11) is 0. The lowest BCUT2D eigenvalue weighted by atomic mass is 9.76. The van der Waals surface area contributed by atoms with E-state index < -0.39 is 0 Å². The Morgan fingerprint density at radius 2 is 0.655 bits per heavy atom. The van der Waals surface area contributed by atoms with Crippen molar-refractivity contribution in [2.24, 2.45) is 0 Å². The summed E-state index contributed by atoms with van der Waals surface area (Å²) < 4.78 is 0. The van der Waals surface area contributed by atoms with E-state index in [-0.39, 0.29) is 5.41 Å². The molecule has 0 bridgehead atoms. The highest BCUT2D eigenvalue weighted by Gasteiger charge is 2.45. The van der Waals surface area contributed by atoms with Crippen LogP contribution in [0.2, 0.25) is 0 Å². The largest absolute Gasteiger partial charge is 0.310 e. The van der Waals surface area contributed by atoms with Gasteiger partial charge in [-0.3, -0.25) is 0 Å². The van der Waals surface area contributed by atoms with Crippen molar-refractivity contribution in [3.8, 4) is 22.3 Å². The highest BCUT2D eigenvalue weighted by Crippen LogP contribution is 2.55. The Morgan fingerprint density at radius 1 is 0.291 bits per heavy atom. The van der Waals surface area contributed by atoms with Gasteiger partial charge in [-0.25, -0.2) is 0 Å². The molecule has 0 aliphatic heterocycles. The Hall–Kier alpha value is -6.64. The Kier molecular flexibility index (Phi) is 8.37. The summed E-state index contributed by atoms with van der Waals surface area (Å²) >= 11 is 0. The molecule has 0 unspecified atom stereocenters. The van der Waals surface area contributed by atoms with Crippen LogP contribution in [0.1, 0.15) is 35.1 Å². The number of hydrogen-bond donors (Lipinski definition) is 0. The van der Waals surface area contributed by atoms with Crippen LogP contribution in [0.4, 0.5) is 34.1 Å². The van der Waals surface area contributed by atoms with Gasteiger partial charge in [0.2, 0.25) is 0 Å². The molecule has 0 amide bonds. The highest BCUT2D eigenvalue weighted by atomic mass is 15.1.